The van der Waals surface area contributed by atoms with Crippen LogP contribution in [0.15, 0.2) is 18.2 Å². The van der Waals surface area contributed by atoms with E-state index in [4.69, 9.17) is 0 Å². The smallest absolute Gasteiger partial charge is 0.360 e. The summed E-state index contributed by atoms with van der Waals surface area (Å²) < 4.78 is 51.4. The molecule has 0 aliphatic heterocycles. The third-order valence-corrected chi connectivity index (χ3v) is 2.99. The summed E-state index contributed by atoms with van der Waals surface area (Å²) in [6.07, 6.45) is -4.35. The second kappa shape index (κ2) is 7.64. The number of alkyl halides is 3. The topological polar surface area (TPSA) is 15.3 Å². The number of nitrogens with one attached hydrogen (secondary N) is 1. The van der Waals surface area contributed by atoms with Crippen molar-refractivity contribution in [3.8, 4) is 0 Å². The van der Waals surface area contributed by atoms with Gasteiger partial charge in [0, 0.05) is 13.1 Å². The maximum absolute atomic E-state index is 14.0. The molecular weight excluding hydrogens is 284 g/mol. The number of anilines is 1. The Labute approximate surface area is 123 Å². The summed E-state index contributed by atoms with van der Waals surface area (Å²) in [5.74, 6) is -0.138. The van der Waals surface area contributed by atoms with Gasteiger partial charge in [0.25, 0.3) is 0 Å². The Morgan fingerprint density at radius 1 is 1.24 bits per heavy atom. The van der Waals surface area contributed by atoms with E-state index in [1.54, 1.807) is 13.0 Å². The molecule has 1 aromatic rings. The van der Waals surface area contributed by atoms with Crippen LogP contribution in [-0.2, 0) is 6.54 Å². The molecule has 0 aliphatic rings. The molecule has 0 unspecified atom stereocenters. The fraction of sp³-hybridized carbons (Fsp3) is 0.600. The summed E-state index contributed by atoms with van der Waals surface area (Å²) in [5.41, 5.74) is 0.711. The van der Waals surface area contributed by atoms with Gasteiger partial charge in [-0.15, -0.1) is 0 Å². The minimum Gasteiger partial charge on any atom is -0.360 e. The molecule has 0 heterocycles. The van der Waals surface area contributed by atoms with Crippen molar-refractivity contribution >= 4 is 5.69 Å². The Hall–Kier alpha value is -1.30. The number of halogens is 4. The second-order valence-corrected chi connectivity index (χ2v) is 5.44. The van der Waals surface area contributed by atoms with Crippen molar-refractivity contribution in [1.29, 1.82) is 0 Å². The van der Waals surface area contributed by atoms with Crippen LogP contribution >= 0.6 is 0 Å². The van der Waals surface area contributed by atoms with Gasteiger partial charge < -0.3 is 10.2 Å². The molecule has 6 heteroatoms. The highest BCUT2D eigenvalue weighted by Crippen LogP contribution is 2.25. The molecule has 0 saturated heterocycles. The number of nitrogens with zero attached hydrogens (tertiary/aromatic N) is 1. The Balaban J connectivity index is 2.76. The molecule has 0 aliphatic carbocycles. The first kappa shape index (κ1) is 17.8. The predicted molar refractivity (Wildman–Crippen MR) is 76.9 cm³/mol. The van der Waals surface area contributed by atoms with E-state index < -0.39 is 18.5 Å². The zero-order valence-electron chi connectivity index (χ0n) is 12.6. The van der Waals surface area contributed by atoms with Gasteiger partial charge in [-0.2, -0.15) is 13.2 Å². The van der Waals surface area contributed by atoms with E-state index in [1.165, 1.54) is 12.1 Å². The van der Waals surface area contributed by atoms with E-state index in [0.717, 1.165) is 17.0 Å². The van der Waals surface area contributed by atoms with E-state index in [-0.39, 0.29) is 12.2 Å². The summed E-state index contributed by atoms with van der Waals surface area (Å²) in [6.45, 7) is 5.95. The van der Waals surface area contributed by atoms with Gasteiger partial charge in [0.15, 0.2) is 0 Å². The van der Waals surface area contributed by atoms with Crippen molar-refractivity contribution in [2.45, 2.75) is 33.5 Å². The minimum atomic E-state index is -4.35. The molecule has 0 amide bonds. The molecular formula is C15H22F4N2. The van der Waals surface area contributed by atoms with Crippen molar-refractivity contribution < 1.29 is 17.6 Å². The fourth-order valence-electron chi connectivity index (χ4n) is 2.01. The van der Waals surface area contributed by atoms with Crippen LogP contribution < -0.4 is 10.2 Å². The van der Waals surface area contributed by atoms with Crippen molar-refractivity contribution in [3.05, 3.63) is 29.6 Å². The number of hydrogen-bond acceptors (Lipinski definition) is 2. The Bertz CT molecular complexity index is 444. The highest BCUT2D eigenvalue weighted by Gasteiger charge is 2.31. The van der Waals surface area contributed by atoms with Gasteiger partial charge in [-0.3, -0.25) is 0 Å². The maximum atomic E-state index is 14.0. The van der Waals surface area contributed by atoms with Crippen LogP contribution in [0.4, 0.5) is 23.2 Å². The Kier molecular flexibility index (Phi) is 6.45. The van der Waals surface area contributed by atoms with Crippen LogP contribution in [-0.4, -0.2) is 25.8 Å². The summed E-state index contributed by atoms with van der Waals surface area (Å²) in [7, 11) is 0. The van der Waals surface area contributed by atoms with Crippen LogP contribution in [0.3, 0.4) is 0 Å². The molecule has 1 rings (SSSR count). The quantitative estimate of drug-likeness (QED) is 0.767. The molecule has 1 aromatic carbocycles. The normalized spacial score (nSPS) is 12.0. The molecule has 120 valence electrons. The van der Waals surface area contributed by atoms with Crippen molar-refractivity contribution in [2.75, 3.05) is 24.5 Å². The summed E-state index contributed by atoms with van der Waals surface area (Å²) in [5, 5.41) is 3.17. The number of hydrogen-bond donors (Lipinski definition) is 1. The van der Waals surface area contributed by atoms with Gasteiger partial charge in [-0.25, -0.2) is 4.39 Å². The molecule has 2 nitrogen and oxygen atoms in total. The molecule has 0 aromatic heterocycles. The van der Waals surface area contributed by atoms with Gasteiger partial charge in [-0.1, -0.05) is 19.9 Å². The third-order valence-electron chi connectivity index (χ3n) is 2.99. The largest absolute Gasteiger partial charge is 0.405 e. The zero-order valence-corrected chi connectivity index (χ0v) is 12.6. The lowest BCUT2D eigenvalue weighted by molar-refractivity contribution is -0.119. The monoisotopic (exact) mass is 306 g/mol. The first-order valence-electron chi connectivity index (χ1n) is 7.03. The van der Waals surface area contributed by atoms with E-state index in [0.29, 0.717) is 12.5 Å². The first-order chi connectivity index (χ1) is 9.73. The summed E-state index contributed by atoms with van der Waals surface area (Å²) in [4.78, 5) is 0.987. The summed E-state index contributed by atoms with van der Waals surface area (Å²) >= 11 is 0. The SMILES string of the molecule is CCN(CC(F)(F)F)c1ccc(CNCC(C)C)cc1F. The standard InChI is InChI=1S/C15H22F4N2/c1-4-21(10-15(17,18)19)14-6-5-12(7-13(14)16)9-20-8-11(2)3/h5-7,11,20H,4,8-10H2,1-3H3. The lowest BCUT2D eigenvalue weighted by Crippen LogP contribution is -2.34. The molecule has 0 radical (unpaired) electrons. The van der Waals surface area contributed by atoms with Crippen LogP contribution in [0.1, 0.15) is 26.3 Å². The molecule has 1 N–H and O–H groups in total. The highest BCUT2D eigenvalue weighted by atomic mass is 19.4. The van der Waals surface area contributed by atoms with Gasteiger partial charge in [-0.05, 0) is 37.1 Å². The van der Waals surface area contributed by atoms with E-state index in [1.807, 2.05) is 0 Å². The van der Waals surface area contributed by atoms with Crippen LogP contribution in [0.2, 0.25) is 0 Å². The molecule has 0 atom stereocenters. The lowest BCUT2D eigenvalue weighted by atomic mass is 10.1. The van der Waals surface area contributed by atoms with E-state index >= 15 is 0 Å². The summed E-state index contributed by atoms with van der Waals surface area (Å²) in [6, 6.07) is 4.36. The molecule has 0 saturated carbocycles. The average molecular weight is 306 g/mol. The Morgan fingerprint density at radius 2 is 1.90 bits per heavy atom. The highest BCUT2D eigenvalue weighted by molar-refractivity contribution is 5.49. The third kappa shape index (κ3) is 6.33. The van der Waals surface area contributed by atoms with Crippen LogP contribution in [0.5, 0.6) is 0 Å². The van der Waals surface area contributed by atoms with Gasteiger partial charge in [0.1, 0.15) is 12.4 Å². The van der Waals surface area contributed by atoms with Crippen LogP contribution in [0.25, 0.3) is 0 Å². The van der Waals surface area contributed by atoms with Gasteiger partial charge in [0.2, 0.25) is 0 Å². The number of benzene rings is 1. The molecule has 0 spiro atoms. The Morgan fingerprint density at radius 3 is 2.38 bits per heavy atom. The van der Waals surface area contributed by atoms with Crippen LogP contribution in [0, 0.1) is 11.7 Å². The van der Waals surface area contributed by atoms with E-state index in [2.05, 4.69) is 19.2 Å². The van der Waals surface area contributed by atoms with Gasteiger partial charge >= 0.3 is 6.18 Å². The minimum absolute atomic E-state index is 0.0116. The molecule has 21 heavy (non-hydrogen) atoms. The van der Waals surface area contributed by atoms with Crippen molar-refractivity contribution in [2.24, 2.45) is 5.92 Å². The first-order valence-corrected chi connectivity index (χ1v) is 7.03. The number of rotatable bonds is 7. The van der Waals surface area contributed by atoms with Crippen molar-refractivity contribution in [1.82, 2.24) is 5.32 Å². The average Bonchev–Trinajstić information content (AvgIpc) is 2.35. The van der Waals surface area contributed by atoms with Gasteiger partial charge in [0.05, 0.1) is 5.69 Å². The second-order valence-electron chi connectivity index (χ2n) is 5.44. The molecule has 0 bridgehead atoms. The maximum Gasteiger partial charge on any atom is 0.405 e. The van der Waals surface area contributed by atoms with E-state index in [9.17, 15) is 17.6 Å². The lowest BCUT2D eigenvalue weighted by Gasteiger charge is -2.25. The van der Waals surface area contributed by atoms with Crippen molar-refractivity contribution in [3.63, 3.8) is 0 Å². The fourth-order valence-corrected chi connectivity index (χ4v) is 2.01. The zero-order chi connectivity index (χ0) is 16.0. The predicted octanol–water partition coefficient (Wildman–Crippen LogP) is 3.96. The molecule has 0 fully saturated rings.